The first-order chi connectivity index (χ1) is 7.19. The minimum atomic E-state index is -0.628. The lowest BCUT2D eigenvalue weighted by atomic mass is 10.1. The fourth-order valence-corrected chi connectivity index (χ4v) is 1.09. The molecule has 0 bridgehead atoms. The summed E-state index contributed by atoms with van der Waals surface area (Å²) in [6, 6.07) is 4.05. The van der Waals surface area contributed by atoms with E-state index in [1.165, 1.54) is 30.4 Å². The van der Waals surface area contributed by atoms with Gasteiger partial charge in [0.15, 0.2) is 6.29 Å². The Kier molecular flexibility index (Phi) is 3.45. The molecule has 5 nitrogen and oxygen atoms in total. The highest BCUT2D eigenvalue weighted by atomic mass is 16.6. The molecule has 0 N–H and O–H groups in total. The maximum Gasteiger partial charge on any atom is 0.279 e. The lowest BCUT2D eigenvalue weighted by Gasteiger charge is -1.97. The van der Waals surface area contributed by atoms with E-state index in [0.717, 1.165) is 0 Å². The molecule has 1 aromatic rings. The first-order valence-corrected chi connectivity index (χ1v) is 4.04. The smallest absolute Gasteiger partial charge is 0.279 e. The third-order valence-electron chi connectivity index (χ3n) is 1.74. The van der Waals surface area contributed by atoms with Crippen LogP contribution < -0.4 is 0 Å². The van der Waals surface area contributed by atoms with Crippen molar-refractivity contribution in [2.24, 2.45) is 0 Å². The molecule has 0 radical (unpaired) electrons. The van der Waals surface area contributed by atoms with E-state index < -0.39 is 4.92 Å². The van der Waals surface area contributed by atoms with Crippen LogP contribution in [0, 0.1) is 10.1 Å². The van der Waals surface area contributed by atoms with Crippen molar-refractivity contribution in [1.29, 1.82) is 0 Å². The minimum Gasteiger partial charge on any atom is -0.299 e. The highest BCUT2D eigenvalue weighted by Gasteiger charge is 2.12. The lowest BCUT2D eigenvalue weighted by molar-refractivity contribution is -0.385. The summed E-state index contributed by atoms with van der Waals surface area (Å²) in [6.45, 7) is 0. The summed E-state index contributed by atoms with van der Waals surface area (Å²) in [6.07, 6.45) is 3.71. The van der Waals surface area contributed by atoms with Gasteiger partial charge in [0.2, 0.25) is 0 Å². The summed E-state index contributed by atoms with van der Waals surface area (Å²) in [5.74, 6) is 0. The van der Waals surface area contributed by atoms with Gasteiger partial charge in [-0.25, -0.2) is 0 Å². The van der Waals surface area contributed by atoms with Crippen molar-refractivity contribution in [3.63, 3.8) is 0 Å². The summed E-state index contributed by atoms with van der Waals surface area (Å²) in [5.41, 5.74) is 0.316. The van der Waals surface area contributed by atoms with E-state index in [0.29, 0.717) is 18.1 Å². The van der Waals surface area contributed by atoms with Crippen molar-refractivity contribution in [2.45, 2.75) is 0 Å². The fraction of sp³-hybridized carbons (Fsp3) is 0. The van der Waals surface area contributed by atoms with E-state index in [2.05, 4.69) is 0 Å². The molecule has 5 heteroatoms. The Hall–Kier alpha value is -2.30. The zero-order chi connectivity index (χ0) is 11.3. The van der Waals surface area contributed by atoms with Crippen molar-refractivity contribution < 1.29 is 14.5 Å². The lowest BCUT2D eigenvalue weighted by Crippen LogP contribution is -1.94. The average Bonchev–Trinajstić information content (AvgIpc) is 2.25. The third-order valence-corrected chi connectivity index (χ3v) is 1.74. The predicted octanol–water partition coefficient (Wildman–Crippen LogP) is 1.62. The molecule has 76 valence electrons. The Morgan fingerprint density at radius 3 is 2.53 bits per heavy atom. The summed E-state index contributed by atoms with van der Waals surface area (Å²) in [5, 5.41) is 10.5. The molecule has 0 aliphatic heterocycles. The van der Waals surface area contributed by atoms with Gasteiger partial charge in [-0.15, -0.1) is 0 Å². The highest BCUT2D eigenvalue weighted by molar-refractivity contribution is 5.83. The second-order valence-corrected chi connectivity index (χ2v) is 2.69. The van der Waals surface area contributed by atoms with E-state index >= 15 is 0 Å². The number of nitro benzene ring substituents is 1. The maximum atomic E-state index is 10.6. The van der Waals surface area contributed by atoms with Crippen molar-refractivity contribution in [3.8, 4) is 0 Å². The van der Waals surface area contributed by atoms with Crippen LogP contribution in [-0.2, 0) is 4.79 Å². The van der Waals surface area contributed by atoms with Gasteiger partial charge in [-0.3, -0.25) is 19.7 Å². The number of allylic oxidation sites excluding steroid dienone is 1. The molecule has 0 atom stereocenters. The average molecular weight is 205 g/mol. The predicted molar refractivity (Wildman–Crippen MR) is 53.6 cm³/mol. The maximum absolute atomic E-state index is 10.6. The third kappa shape index (κ3) is 2.57. The normalized spacial score (nSPS) is 10.1. The molecule has 0 aliphatic carbocycles. The Labute approximate surface area is 85.2 Å². The van der Waals surface area contributed by atoms with Gasteiger partial charge >= 0.3 is 0 Å². The van der Waals surface area contributed by atoms with Crippen LogP contribution >= 0.6 is 0 Å². The van der Waals surface area contributed by atoms with Gasteiger partial charge in [0.25, 0.3) is 5.69 Å². The Bertz CT molecular complexity index is 437. The Morgan fingerprint density at radius 2 is 2.00 bits per heavy atom. The summed E-state index contributed by atoms with van der Waals surface area (Å²) < 4.78 is 0. The number of nitrogens with zero attached hydrogens (tertiary/aromatic N) is 1. The van der Waals surface area contributed by atoms with Crippen molar-refractivity contribution in [3.05, 3.63) is 45.5 Å². The molecule has 0 aromatic heterocycles. The highest BCUT2D eigenvalue weighted by Crippen LogP contribution is 2.18. The topological polar surface area (TPSA) is 77.3 Å². The Morgan fingerprint density at radius 1 is 1.27 bits per heavy atom. The minimum absolute atomic E-state index is 0.00644. The van der Waals surface area contributed by atoms with Crippen LogP contribution in [0.25, 0.3) is 6.08 Å². The van der Waals surface area contributed by atoms with E-state index in [1.807, 2.05) is 0 Å². The Balaban J connectivity index is 3.18. The summed E-state index contributed by atoms with van der Waals surface area (Å²) >= 11 is 0. The molecule has 0 heterocycles. The van der Waals surface area contributed by atoms with Gasteiger partial charge in [-0.1, -0.05) is 6.08 Å². The zero-order valence-corrected chi connectivity index (χ0v) is 7.62. The van der Waals surface area contributed by atoms with Crippen molar-refractivity contribution >= 4 is 24.3 Å². The van der Waals surface area contributed by atoms with Crippen LogP contribution in [-0.4, -0.2) is 17.5 Å². The van der Waals surface area contributed by atoms with E-state index in [9.17, 15) is 19.7 Å². The van der Waals surface area contributed by atoms with Crippen molar-refractivity contribution in [1.82, 2.24) is 0 Å². The van der Waals surface area contributed by atoms with Crippen LogP contribution in [0.1, 0.15) is 15.9 Å². The molecule has 0 fully saturated rings. The van der Waals surface area contributed by atoms with Crippen LogP contribution in [0.5, 0.6) is 0 Å². The largest absolute Gasteiger partial charge is 0.299 e. The number of benzene rings is 1. The van der Waals surface area contributed by atoms with Gasteiger partial charge in [-0.2, -0.15) is 0 Å². The van der Waals surface area contributed by atoms with Crippen molar-refractivity contribution in [2.75, 3.05) is 0 Å². The fourth-order valence-electron chi connectivity index (χ4n) is 1.09. The van der Waals surface area contributed by atoms with E-state index in [1.54, 1.807) is 0 Å². The SMILES string of the molecule is O=CC=Cc1ccc([N+](=O)[O-])c(C=O)c1. The molecule has 0 unspecified atom stereocenters. The molecule has 0 saturated heterocycles. The number of hydrogen-bond donors (Lipinski definition) is 0. The molecule has 0 saturated carbocycles. The number of carbonyl (C=O) groups excluding carboxylic acids is 2. The zero-order valence-electron chi connectivity index (χ0n) is 7.62. The number of rotatable bonds is 4. The summed E-state index contributed by atoms with van der Waals surface area (Å²) in [4.78, 5) is 30.5. The van der Waals surface area contributed by atoms with Crippen LogP contribution in [0.2, 0.25) is 0 Å². The standard InChI is InChI=1S/C10H7NO4/c12-5-1-2-8-3-4-10(11(14)15)9(6-8)7-13/h1-7H. The van der Waals surface area contributed by atoms with Gasteiger partial charge in [0.05, 0.1) is 10.5 Å². The molecule has 15 heavy (non-hydrogen) atoms. The van der Waals surface area contributed by atoms with Crippen LogP contribution in [0.4, 0.5) is 5.69 Å². The molecule has 0 aliphatic rings. The number of hydrogen-bond acceptors (Lipinski definition) is 4. The first-order valence-electron chi connectivity index (χ1n) is 4.04. The number of nitro groups is 1. The molecule has 0 spiro atoms. The van der Waals surface area contributed by atoms with Gasteiger partial charge in [-0.05, 0) is 23.8 Å². The molecular formula is C10H7NO4. The summed E-state index contributed by atoms with van der Waals surface area (Å²) in [7, 11) is 0. The molecular weight excluding hydrogens is 198 g/mol. The first kappa shape index (κ1) is 10.8. The molecule has 1 rings (SSSR count). The van der Waals surface area contributed by atoms with Gasteiger partial charge in [0, 0.05) is 6.07 Å². The molecule has 1 aromatic carbocycles. The second-order valence-electron chi connectivity index (χ2n) is 2.69. The number of carbonyl (C=O) groups is 2. The van der Waals surface area contributed by atoms with Gasteiger partial charge < -0.3 is 0 Å². The second kappa shape index (κ2) is 4.80. The quantitative estimate of drug-likeness (QED) is 0.324. The van der Waals surface area contributed by atoms with E-state index in [4.69, 9.17) is 0 Å². The van der Waals surface area contributed by atoms with Crippen LogP contribution in [0.3, 0.4) is 0 Å². The molecule has 0 amide bonds. The van der Waals surface area contributed by atoms with E-state index in [-0.39, 0.29) is 11.3 Å². The monoisotopic (exact) mass is 205 g/mol. The van der Waals surface area contributed by atoms with Gasteiger partial charge in [0.1, 0.15) is 6.29 Å². The van der Waals surface area contributed by atoms with Crippen LogP contribution in [0.15, 0.2) is 24.3 Å². The number of aldehydes is 2.